The number of pyridine rings is 1. The van der Waals surface area contributed by atoms with Crippen LogP contribution in [0.3, 0.4) is 0 Å². The number of nitro benzene ring substituents is 1. The number of ketones is 2. The molecule has 34 heavy (non-hydrogen) atoms. The van der Waals surface area contributed by atoms with Gasteiger partial charge < -0.3 is 9.51 Å². The highest BCUT2D eigenvalue weighted by Crippen LogP contribution is 2.32. The normalized spacial score (nSPS) is 11.1. The second kappa shape index (κ2) is 8.13. The highest BCUT2D eigenvalue weighted by molar-refractivity contribution is 6.31. The Hall–Kier alpha value is -4.49. The third kappa shape index (κ3) is 3.48. The summed E-state index contributed by atoms with van der Waals surface area (Å²) in [6.45, 7) is 0. The highest BCUT2D eigenvalue weighted by atomic mass is 35.5. The van der Waals surface area contributed by atoms with Gasteiger partial charge in [-0.2, -0.15) is 0 Å². The zero-order valence-electron chi connectivity index (χ0n) is 17.4. The van der Waals surface area contributed by atoms with Crippen molar-refractivity contribution in [2.45, 2.75) is 0 Å². The number of nitrogens with zero attached hydrogens (tertiary/aromatic N) is 2. The van der Waals surface area contributed by atoms with Gasteiger partial charge in [-0.1, -0.05) is 35.9 Å². The van der Waals surface area contributed by atoms with Crippen LogP contribution in [0.25, 0.3) is 16.3 Å². The van der Waals surface area contributed by atoms with Gasteiger partial charge in [-0.25, -0.2) is 0 Å². The van der Waals surface area contributed by atoms with Crippen molar-refractivity contribution in [1.29, 1.82) is 0 Å². The topological polar surface area (TPSA) is 102 Å². The van der Waals surface area contributed by atoms with Crippen molar-refractivity contribution in [3.8, 4) is 5.75 Å². The summed E-state index contributed by atoms with van der Waals surface area (Å²) in [6.07, 6.45) is 1.70. The third-order valence-electron chi connectivity index (χ3n) is 5.68. The van der Waals surface area contributed by atoms with Crippen molar-refractivity contribution in [3.63, 3.8) is 0 Å². The van der Waals surface area contributed by atoms with E-state index in [1.165, 1.54) is 48.5 Å². The second-order valence-corrected chi connectivity index (χ2v) is 8.12. The Morgan fingerprint density at radius 2 is 1.62 bits per heavy atom. The smallest absolute Gasteiger partial charge is 0.269 e. The summed E-state index contributed by atoms with van der Waals surface area (Å²) in [5.74, 6) is -1.12. The van der Waals surface area contributed by atoms with Gasteiger partial charge in [0.15, 0.2) is 5.78 Å². The maximum atomic E-state index is 13.6. The highest BCUT2D eigenvalue weighted by Gasteiger charge is 2.25. The fourth-order valence-electron chi connectivity index (χ4n) is 4.03. The Bertz CT molecular complexity index is 1640. The van der Waals surface area contributed by atoms with Crippen LogP contribution in [0.5, 0.6) is 5.75 Å². The average Bonchev–Trinajstić information content (AvgIpc) is 3.25. The number of nitro groups is 1. The van der Waals surface area contributed by atoms with Crippen LogP contribution in [0.4, 0.5) is 5.69 Å². The number of rotatable bonds is 5. The lowest BCUT2D eigenvalue weighted by molar-refractivity contribution is -0.384. The number of phenols is 1. The van der Waals surface area contributed by atoms with Crippen molar-refractivity contribution < 1.29 is 19.6 Å². The SMILES string of the molecule is O=C(c1cc(Cl)ccc1O)c1cc(C(=O)c2ccc([N+](=O)[O-])cc2)n2ccc3ccccc3c12. The molecule has 0 aliphatic heterocycles. The van der Waals surface area contributed by atoms with Gasteiger partial charge in [0.25, 0.3) is 5.69 Å². The summed E-state index contributed by atoms with van der Waals surface area (Å²) in [4.78, 5) is 37.4. The standard InChI is InChI=1S/C26H15ClN2O5/c27-17-7-10-23(30)20(13-17)26(32)21-14-22(25(31)16-5-8-18(9-6-16)29(33)34)28-12-11-15-3-1-2-4-19(15)24(21)28/h1-14,30H. The Morgan fingerprint density at radius 1 is 0.882 bits per heavy atom. The van der Waals surface area contributed by atoms with Gasteiger partial charge in [0.1, 0.15) is 5.75 Å². The van der Waals surface area contributed by atoms with E-state index in [0.29, 0.717) is 5.52 Å². The lowest BCUT2D eigenvalue weighted by Gasteiger charge is -2.07. The van der Waals surface area contributed by atoms with E-state index in [2.05, 4.69) is 0 Å². The van der Waals surface area contributed by atoms with Gasteiger partial charge in [-0.15, -0.1) is 0 Å². The summed E-state index contributed by atoms with van der Waals surface area (Å²) in [5.41, 5.74) is 1.06. The van der Waals surface area contributed by atoms with Crippen molar-refractivity contribution in [1.82, 2.24) is 4.40 Å². The third-order valence-corrected chi connectivity index (χ3v) is 5.91. The summed E-state index contributed by atoms with van der Waals surface area (Å²) < 4.78 is 1.63. The molecule has 0 radical (unpaired) electrons. The van der Waals surface area contributed by atoms with Crippen LogP contribution in [0.15, 0.2) is 85.1 Å². The van der Waals surface area contributed by atoms with Crippen LogP contribution >= 0.6 is 11.6 Å². The number of halogens is 1. The predicted octanol–water partition coefficient (Wildman–Crippen LogP) is 5.82. The van der Waals surface area contributed by atoms with Crippen molar-refractivity contribution in [2.24, 2.45) is 0 Å². The number of phenolic OH excluding ortho intramolecular Hbond substituents is 1. The number of fused-ring (bicyclic) bond motifs is 3. The molecule has 0 amide bonds. The number of non-ortho nitro benzene ring substituents is 1. The van der Waals surface area contributed by atoms with Crippen molar-refractivity contribution in [3.05, 3.63) is 123 Å². The Kier molecular flexibility index (Phi) is 5.11. The van der Waals surface area contributed by atoms with Gasteiger partial charge >= 0.3 is 0 Å². The number of hydrogen-bond donors (Lipinski definition) is 1. The minimum absolute atomic E-state index is 0.0160. The van der Waals surface area contributed by atoms with Crippen molar-refractivity contribution >= 4 is 45.1 Å². The molecule has 7 nitrogen and oxygen atoms in total. The number of benzene rings is 3. The first kappa shape index (κ1) is 21.4. The zero-order chi connectivity index (χ0) is 24.0. The van der Waals surface area contributed by atoms with Gasteiger partial charge in [-0.05, 0) is 47.9 Å². The molecule has 3 aromatic carbocycles. The molecular formula is C26H15ClN2O5. The monoisotopic (exact) mass is 470 g/mol. The van der Waals surface area contributed by atoms with E-state index in [1.54, 1.807) is 10.6 Å². The molecule has 0 saturated carbocycles. The Morgan fingerprint density at radius 3 is 2.35 bits per heavy atom. The number of hydrogen-bond acceptors (Lipinski definition) is 5. The van der Waals surface area contributed by atoms with E-state index in [4.69, 9.17) is 11.6 Å². The minimum atomic E-state index is -0.540. The minimum Gasteiger partial charge on any atom is -0.507 e. The molecule has 5 rings (SSSR count). The van der Waals surface area contributed by atoms with Crippen LogP contribution in [-0.4, -0.2) is 26.0 Å². The lowest BCUT2D eigenvalue weighted by atomic mass is 10.0. The molecule has 166 valence electrons. The number of aromatic hydroxyl groups is 1. The quantitative estimate of drug-likeness (QED) is 0.198. The first-order valence-corrected chi connectivity index (χ1v) is 10.6. The Balaban J connectivity index is 1.75. The van der Waals surface area contributed by atoms with Gasteiger partial charge in [0.2, 0.25) is 5.78 Å². The van der Waals surface area contributed by atoms with Crippen LogP contribution < -0.4 is 0 Å². The maximum Gasteiger partial charge on any atom is 0.269 e. The summed E-state index contributed by atoms with van der Waals surface area (Å²) >= 11 is 6.06. The number of carbonyl (C=O) groups excluding carboxylic acids is 2. The molecule has 1 N–H and O–H groups in total. The zero-order valence-corrected chi connectivity index (χ0v) is 18.2. The van der Waals surface area contributed by atoms with Gasteiger partial charge in [0, 0.05) is 39.9 Å². The molecule has 0 unspecified atom stereocenters. The predicted molar refractivity (Wildman–Crippen MR) is 128 cm³/mol. The molecule has 2 aromatic heterocycles. The molecule has 0 fully saturated rings. The first-order valence-electron chi connectivity index (χ1n) is 10.2. The second-order valence-electron chi connectivity index (χ2n) is 7.69. The number of carbonyl (C=O) groups is 2. The summed E-state index contributed by atoms with van der Waals surface area (Å²) in [7, 11) is 0. The molecule has 0 aliphatic carbocycles. The average molecular weight is 471 g/mol. The molecule has 0 aliphatic rings. The fraction of sp³-hybridized carbons (Fsp3) is 0. The summed E-state index contributed by atoms with van der Waals surface area (Å²) in [6, 6.07) is 20.2. The van der Waals surface area contributed by atoms with Gasteiger partial charge in [-0.3, -0.25) is 19.7 Å². The van der Waals surface area contributed by atoms with Crippen LogP contribution in [-0.2, 0) is 0 Å². The van der Waals surface area contributed by atoms with E-state index in [9.17, 15) is 24.8 Å². The molecule has 8 heteroatoms. The molecule has 0 atom stereocenters. The fourth-order valence-corrected chi connectivity index (χ4v) is 4.21. The molecular weight excluding hydrogens is 456 g/mol. The van der Waals surface area contributed by atoms with Gasteiger partial charge in [0.05, 0.1) is 21.7 Å². The van der Waals surface area contributed by atoms with Crippen LogP contribution in [0, 0.1) is 10.1 Å². The molecule has 0 bridgehead atoms. The van der Waals surface area contributed by atoms with E-state index in [0.717, 1.165) is 10.8 Å². The molecule has 0 spiro atoms. The maximum absolute atomic E-state index is 13.6. The van der Waals surface area contributed by atoms with E-state index in [-0.39, 0.29) is 38.8 Å². The first-order chi connectivity index (χ1) is 16.3. The van der Waals surface area contributed by atoms with Crippen LogP contribution in [0.1, 0.15) is 32.0 Å². The summed E-state index contributed by atoms with van der Waals surface area (Å²) in [5, 5.41) is 23.2. The molecule has 0 saturated heterocycles. The van der Waals surface area contributed by atoms with E-state index >= 15 is 0 Å². The largest absolute Gasteiger partial charge is 0.507 e. The van der Waals surface area contributed by atoms with E-state index < -0.39 is 16.5 Å². The van der Waals surface area contributed by atoms with E-state index in [1.807, 2.05) is 30.3 Å². The Labute approximate surface area is 197 Å². The lowest BCUT2D eigenvalue weighted by Crippen LogP contribution is -2.05. The van der Waals surface area contributed by atoms with Crippen molar-refractivity contribution in [2.75, 3.05) is 0 Å². The number of aromatic nitrogens is 1. The van der Waals surface area contributed by atoms with Crippen LogP contribution in [0.2, 0.25) is 5.02 Å². The molecule has 2 heterocycles. The molecule has 5 aromatic rings.